The summed E-state index contributed by atoms with van der Waals surface area (Å²) in [6.07, 6.45) is 0. The van der Waals surface area contributed by atoms with Crippen LogP contribution < -0.4 is 10.1 Å². The molecule has 1 aromatic carbocycles. The summed E-state index contributed by atoms with van der Waals surface area (Å²) in [7, 11) is 0. The van der Waals surface area contributed by atoms with E-state index in [2.05, 4.69) is 5.32 Å². The highest BCUT2D eigenvalue weighted by molar-refractivity contribution is 5.26. The van der Waals surface area contributed by atoms with E-state index in [1.54, 1.807) is 0 Å². The van der Waals surface area contributed by atoms with Crippen LogP contribution in [0.4, 0.5) is 8.78 Å². The predicted molar refractivity (Wildman–Crippen MR) is 71.5 cm³/mol. The lowest BCUT2D eigenvalue weighted by atomic mass is 10.2. The largest absolute Gasteiger partial charge is 0.482 e. The van der Waals surface area contributed by atoms with Crippen molar-refractivity contribution in [2.24, 2.45) is 0 Å². The molecule has 0 radical (unpaired) electrons. The number of aryl methyl sites for hydroxylation is 1. The molecule has 0 spiro atoms. The second kappa shape index (κ2) is 6.52. The van der Waals surface area contributed by atoms with Crippen LogP contribution in [0.3, 0.4) is 0 Å². The molecule has 5 heteroatoms. The van der Waals surface area contributed by atoms with Crippen molar-refractivity contribution in [3.8, 4) is 5.75 Å². The van der Waals surface area contributed by atoms with Crippen molar-refractivity contribution in [1.29, 1.82) is 0 Å². The van der Waals surface area contributed by atoms with E-state index in [0.717, 1.165) is 36.1 Å². The minimum atomic E-state index is -0.595. The maximum atomic E-state index is 13.4. The molecule has 0 aliphatic heterocycles. The maximum absolute atomic E-state index is 13.4. The highest BCUT2D eigenvalue weighted by Crippen LogP contribution is 2.21. The summed E-state index contributed by atoms with van der Waals surface area (Å²) in [5, 5.41) is 3.20. The zero-order valence-electron chi connectivity index (χ0n) is 11.5. The summed E-state index contributed by atoms with van der Waals surface area (Å²) in [6.45, 7) is 5.52. The lowest BCUT2D eigenvalue weighted by molar-refractivity contribution is 0.255. The average Bonchev–Trinajstić information content (AvgIpc) is 2.78. The SMILES string of the molecule is CCNCc1cc(COc2cc(F)ccc2F)oc1C. The quantitative estimate of drug-likeness (QED) is 0.879. The Morgan fingerprint density at radius 3 is 2.80 bits per heavy atom. The first kappa shape index (κ1) is 14.5. The van der Waals surface area contributed by atoms with Gasteiger partial charge in [0.05, 0.1) is 0 Å². The lowest BCUT2D eigenvalue weighted by Gasteiger charge is -2.05. The topological polar surface area (TPSA) is 34.4 Å². The van der Waals surface area contributed by atoms with Crippen molar-refractivity contribution < 1.29 is 17.9 Å². The van der Waals surface area contributed by atoms with Gasteiger partial charge in [0.25, 0.3) is 0 Å². The van der Waals surface area contributed by atoms with E-state index in [4.69, 9.17) is 9.15 Å². The van der Waals surface area contributed by atoms with Crippen molar-refractivity contribution in [1.82, 2.24) is 5.32 Å². The van der Waals surface area contributed by atoms with Gasteiger partial charge >= 0.3 is 0 Å². The van der Waals surface area contributed by atoms with Crippen LogP contribution in [0.2, 0.25) is 0 Å². The molecular formula is C15H17F2NO2. The van der Waals surface area contributed by atoms with Gasteiger partial charge in [-0.05, 0) is 31.7 Å². The monoisotopic (exact) mass is 281 g/mol. The number of halogens is 2. The van der Waals surface area contributed by atoms with Gasteiger partial charge in [0.15, 0.2) is 11.6 Å². The van der Waals surface area contributed by atoms with E-state index in [1.165, 1.54) is 0 Å². The molecule has 1 heterocycles. The third-order valence-corrected chi connectivity index (χ3v) is 2.90. The average molecular weight is 281 g/mol. The van der Waals surface area contributed by atoms with Crippen LogP contribution in [0.15, 0.2) is 28.7 Å². The number of rotatable bonds is 6. The van der Waals surface area contributed by atoms with Gasteiger partial charge in [0.2, 0.25) is 0 Å². The number of hydrogen-bond donors (Lipinski definition) is 1. The Bertz CT molecular complexity index is 581. The second-order valence-electron chi connectivity index (χ2n) is 4.44. The molecule has 0 aliphatic carbocycles. The number of benzene rings is 1. The van der Waals surface area contributed by atoms with Gasteiger partial charge in [0, 0.05) is 18.2 Å². The van der Waals surface area contributed by atoms with E-state index >= 15 is 0 Å². The predicted octanol–water partition coefficient (Wildman–Crippen LogP) is 3.55. The van der Waals surface area contributed by atoms with Crippen molar-refractivity contribution in [2.45, 2.75) is 27.0 Å². The molecule has 3 nitrogen and oxygen atoms in total. The number of nitrogens with one attached hydrogen (secondary N) is 1. The minimum Gasteiger partial charge on any atom is -0.482 e. The van der Waals surface area contributed by atoms with E-state index in [1.807, 2.05) is 19.9 Å². The van der Waals surface area contributed by atoms with Crippen LogP contribution in [0.5, 0.6) is 5.75 Å². The molecular weight excluding hydrogens is 264 g/mol. The Labute approximate surface area is 116 Å². The van der Waals surface area contributed by atoms with Gasteiger partial charge in [-0.25, -0.2) is 8.78 Å². The Kier molecular flexibility index (Phi) is 4.74. The van der Waals surface area contributed by atoms with Gasteiger partial charge in [-0.1, -0.05) is 6.92 Å². The Balaban J connectivity index is 2.02. The van der Waals surface area contributed by atoms with Gasteiger partial charge < -0.3 is 14.5 Å². The fourth-order valence-corrected chi connectivity index (χ4v) is 1.83. The molecule has 0 aliphatic rings. The van der Waals surface area contributed by atoms with Gasteiger partial charge in [-0.3, -0.25) is 0 Å². The van der Waals surface area contributed by atoms with Crippen LogP contribution in [-0.2, 0) is 13.2 Å². The third kappa shape index (κ3) is 3.57. The summed E-state index contributed by atoms with van der Waals surface area (Å²) in [5.41, 5.74) is 1.03. The molecule has 0 saturated carbocycles. The normalized spacial score (nSPS) is 10.8. The van der Waals surface area contributed by atoms with Crippen LogP contribution in [0, 0.1) is 18.6 Å². The van der Waals surface area contributed by atoms with E-state index in [-0.39, 0.29) is 12.4 Å². The first-order valence-electron chi connectivity index (χ1n) is 6.47. The standard InChI is InChI=1S/C15H17F2NO2/c1-3-18-8-11-6-13(20-10(11)2)9-19-15-7-12(16)4-5-14(15)17/h4-7,18H,3,8-9H2,1-2H3. The molecule has 1 aromatic heterocycles. The summed E-state index contributed by atoms with van der Waals surface area (Å²) in [4.78, 5) is 0. The van der Waals surface area contributed by atoms with Gasteiger partial charge in [-0.2, -0.15) is 0 Å². The summed E-state index contributed by atoms with van der Waals surface area (Å²) in [5.74, 6) is 0.128. The molecule has 0 amide bonds. The zero-order chi connectivity index (χ0) is 14.5. The maximum Gasteiger partial charge on any atom is 0.165 e. The van der Waals surface area contributed by atoms with Gasteiger partial charge in [-0.15, -0.1) is 0 Å². The van der Waals surface area contributed by atoms with Crippen molar-refractivity contribution in [3.05, 3.63) is 53.0 Å². The summed E-state index contributed by atoms with van der Waals surface area (Å²) in [6, 6.07) is 4.96. The number of ether oxygens (including phenoxy) is 1. The molecule has 1 N–H and O–H groups in total. The first-order valence-corrected chi connectivity index (χ1v) is 6.47. The number of furan rings is 1. The fourth-order valence-electron chi connectivity index (χ4n) is 1.83. The molecule has 20 heavy (non-hydrogen) atoms. The summed E-state index contributed by atoms with van der Waals surface area (Å²) >= 11 is 0. The van der Waals surface area contributed by atoms with E-state index < -0.39 is 11.6 Å². The third-order valence-electron chi connectivity index (χ3n) is 2.90. The highest BCUT2D eigenvalue weighted by Gasteiger charge is 2.10. The lowest BCUT2D eigenvalue weighted by Crippen LogP contribution is -2.11. The van der Waals surface area contributed by atoms with Crippen molar-refractivity contribution >= 4 is 0 Å². The zero-order valence-corrected chi connectivity index (χ0v) is 11.5. The molecule has 0 atom stereocenters. The molecule has 0 saturated heterocycles. The van der Waals surface area contributed by atoms with Crippen LogP contribution in [-0.4, -0.2) is 6.54 Å². The van der Waals surface area contributed by atoms with Crippen LogP contribution in [0.1, 0.15) is 24.0 Å². The highest BCUT2D eigenvalue weighted by atomic mass is 19.1. The van der Waals surface area contributed by atoms with Crippen LogP contribution in [0.25, 0.3) is 0 Å². The van der Waals surface area contributed by atoms with Crippen LogP contribution >= 0.6 is 0 Å². The minimum absolute atomic E-state index is 0.0628. The molecule has 2 aromatic rings. The van der Waals surface area contributed by atoms with E-state index in [0.29, 0.717) is 12.3 Å². The van der Waals surface area contributed by atoms with Crippen molar-refractivity contribution in [3.63, 3.8) is 0 Å². The number of hydrogen-bond acceptors (Lipinski definition) is 3. The Hall–Kier alpha value is -1.88. The smallest absolute Gasteiger partial charge is 0.165 e. The Morgan fingerprint density at radius 2 is 2.05 bits per heavy atom. The molecule has 0 unspecified atom stereocenters. The molecule has 0 bridgehead atoms. The molecule has 108 valence electrons. The second-order valence-corrected chi connectivity index (χ2v) is 4.44. The first-order chi connectivity index (χ1) is 9.60. The fraction of sp³-hybridized carbons (Fsp3) is 0.333. The van der Waals surface area contributed by atoms with Gasteiger partial charge in [0.1, 0.15) is 23.9 Å². The summed E-state index contributed by atoms with van der Waals surface area (Å²) < 4.78 is 37.2. The molecule has 0 fully saturated rings. The Morgan fingerprint density at radius 1 is 1.25 bits per heavy atom. The molecule has 2 rings (SSSR count). The van der Waals surface area contributed by atoms with Crippen molar-refractivity contribution in [2.75, 3.05) is 6.54 Å². The van der Waals surface area contributed by atoms with E-state index in [9.17, 15) is 8.78 Å².